The number of nitro benzene ring substituents is 1. The third kappa shape index (κ3) is 3.46. The van der Waals surface area contributed by atoms with Gasteiger partial charge < -0.3 is 10.2 Å². The molecule has 2 aromatic carbocycles. The number of likely N-dealkylation sites (tertiary alicyclic amines) is 1. The van der Waals surface area contributed by atoms with Crippen LogP contribution in [0.3, 0.4) is 0 Å². The summed E-state index contributed by atoms with van der Waals surface area (Å²) in [5.41, 5.74) is 0.710. The van der Waals surface area contributed by atoms with Crippen molar-refractivity contribution in [3.63, 3.8) is 0 Å². The van der Waals surface area contributed by atoms with Crippen LogP contribution in [0, 0.1) is 39.1 Å². The largest absolute Gasteiger partial charge is 0.337 e. The summed E-state index contributed by atoms with van der Waals surface area (Å²) in [4.78, 5) is 21.9. The zero-order valence-corrected chi connectivity index (χ0v) is 17.3. The van der Waals surface area contributed by atoms with Gasteiger partial charge in [0.25, 0.3) is 5.69 Å². The summed E-state index contributed by atoms with van der Waals surface area (Å²) in [5, 5.41) is 15.0. The molecule has 7 nitrogen and oxygen atoms in total. The average molecular weight is 438 g/mol. The van der Waals surface area contributed by atoms with Gasteiger partial charge in [0.1, 0.15) is 17.7 Å². The second-order valence-electron chi connectivity index (χ2n) is 8.10. The lowest BCUT2D eigenvalue weighted by Gasteiger charge is -2.11. The van der Waals surface area contributed by atoms with Gasteiger partial charge in [0.05, 0.1) is 21.2 Å². The number of nitro groups is 1. The minimum Gasteiger partial charge on any atom is -0.337 e. The van der Waals surface area contributed by atoms with Crippen molar-refractivity contribution >= 4 is 39.7 Å². The summed E-state index contributed by atoms with van der Waals surface area (Å²) in [6.45, 7) is 1.89. The van der Waals surface area contributed by atoms with Gasteiger partial charge in [-0.2, -0.15) is 0 Å². The number of nitrogens with one attached hydrogen (secondary N) is 1. The van der Waals surface area contributed by atoms with Crippen LogP contribution in [-0.2, 0) is 0 Å². The first kappa shape index (κ1) is 19.7. The molecule has 0 amide bonds. The molecule has 2 heterocycles. The zero-order valence-electron chi connectivity index (χ0n) is 16.5. The van der Waals surface area contributed by atoms with Crippen LogP contribution in [-0.4, -0.2) is 39.9 Å². The highest BCUT2D eigenvalue weighted by Crippen LogP contribution is 2.56. The van der Waals surface area contributed by atoms with Gasteiger partial charge in [0.2, 0.25) is 0 Å². The second kappa shape index (κ2) is 7.15. The van der Waals surface area contributed by atoms with Crippen LogP contribution in [0.5, 0.6) is 0 Å². The van der Waals surface area contributed by atoms with E-state index in [1.807, 2.05) is 0 Å². The fourth-order valence-electron chi connectivity index (χ4n) is 4.29. The molecule has 0 unspecified atom stereocenters. The maximum atomic E-state index is 14.3. The Kier molecular flexibility index (Phi) is 4.54. The second-order valence-corrected chi connectivity index (χ2v) is 8.50. The van der Waals surface area contributed by atoms with Gasteiger partial charge in [0, 0.05) is 30.0 Å². The number of hydrogen-bond acceptors (Lipinski definition) is 6. The van der Waals surface area contributed by atoms with Crippen molar-refractivity contribution in [3.8, 4) is 11.8 Å². The van der Waals surface area contributed by atoms with E-state index in [2.05, 4.69) is 39.1 Å². The third-order valence-electron chi connectivity index (χ3n) is 5.92. The van der Waals surface area contributed by atoms with Crippen molar-refractivity contribution in [1.82, 2.24) is 14.9 Å². The Morgan fingerprint density at radius 3 is 2.97 bits per heavy atom. The molecule has 1 saturated carbocycles. The summed E-state index contributed by atoms with van der Waals surface area (Å²) in [6.07, 6.45) is 2.35. The Bertz CT molecular complexity index is 1300. The lowest BCUT2D eigenvalue weighted by atomic mass is 10.0. The third-order valence-corrected chi connectivity index (χ3v) is 6.21. The molecule has 9 heteroatoms. The molecule has 5 rings (SSSR count). The summed E-state index contributed by atoms with van der Waals surface area (Å²) in [7, 11) is 2.06. The SMILES string of the molecule is CN1C[C@H]2C[C@@]2(C#Cc2cc3ncnc(Nc4cccc(Cl)c4F)c3cc2[N+](=O)[O-])C1. The molecule has 31 heavy (non-hydrogen) atoms. The van der Waals surface area contributed by atoms with Crippen LogP contribution in [0.4, 0.5) is 21.6 Å². The number of anilines is 2. The summed E-state index contributed by atoms with van der Waals surface area (Å²) >= 11 is 5.84. The van der Waals surface area contributed by atoms with E-state index >= 15 is 0 Å². The Balaban J connectivity index is 1.57. The van der Waals surface area contributed by atoms with Crippen molar-refractivity contribution in [2.75, 3.05) is 25.5 Å². The molecule has 1 aromatic heterocycles. The van der Waals surface area contributed by atoms with E-state index in [1.54, 1.807) is 12.1 Å². The molecule has 1 aliphatic heterocycles. The van der Waals surface area contributed by atoms with Crippen LogP contribution in [0.25, 0.3) is 10.9 Å². The normalized spacial score (nSPS) is 22.0. The Labute approximate surface area is 182 Å². The van der Waals surface area contributed by atoms with Gasteiger partial charge in [-0.1, -0.05) is 29.5 Å². The van der Waals surface area contributed by atoms with Crippen molar-refractivity contribution in [2.24, 2.45) is 11.3 Å². The van der Waals surface area contributed by atoms with Crippen molar-refractivity contribution in [2.45, 2.75) is 6.42 Å². The van der Waals surface area contributed by atoms with E-state index in [4.69, 9.17) is 11.6 Å². The molecular formula is C22H17ClFN5O2. The number of piperidine rings is 1. The maximum Gasteiger partial charge on any atom is 0.285 e. The topological polar surface area (TPSA) is 84.2 Å². The lowest BCUT2D eigenvalue weighted by molar-refractivity contribution is -0.385. The molecule has 0 spiro atoms. The van der Waals surface area contributed by atoms with Gasteiger partial charge in [-0.25, -0.2) is 14.4 Å². The monoisotopic (exact) mass is 437 g/mol. The molecule has 2 aliphatic rings. The Hall–Kier alpha value is -3.28. The van der Waals surface area contributed by atoms with E-state index in [1.165, 1.54) is 24.5 Å². The van der Waals surface area contributed by atoms with E-state index in [9.17, 15) is 14.5 Å². The molecule has 0 bridgehead atoms. The summed E-state index contributed by atoms with van der Waals surface area (Å²) in [5.74, 6) is 6.48. The average Bonchev–Trinajstić information content (AvgIpc) is 3.30. The van der Waals surface area contributed by atoms with Crippen molar-refractivity contribution < 1.29 is 9.31 Å². The first-order valence-electron chi connectivity index (χ1n) is 9.72. The van der Waals surface area contributed by atoms with Gasteiger partial charge in [-0.3, -0.25) is 10.1 Å². The molecule has 1 N–H and O–H groups in total. The van der Waals surface area contributed by atoms with E-state index < -0.39 is 10.7 Å². The molecule has 2 atom stereocenters. The van der Waals surface area contributed by atoms with Gasteiger partial charge in [-0.05, 0) is 37.6 Å². The van der Waals surface area contributed by atoms with Gasteiger partial charge in [-0.15, -0.1) is 0 Å². The maximum absolute atomic E-state index is 14.3. The van der Waals surface area contributed by atoms with Crippen LogP contribution in [0.15, 0.2) is 36.7 Å². The molecule has 1 aliphatic carbocycles. The van der Waals surface area contributed by atoms with Crippen molar-refractivity contribution in [1.29, 1.82) is 0 Å². The number of aromatic nitrogens is 2. The smallest absolute Gasteiger partial charge is 0.285 e. The number of halogens is 2. The summed E-state index contributed by atoms with van der Waals surface area (Å²) < 4.78 is 14.3. The highest BCUT2D eigenvalue weighted by molar-refractivity contribution is 6.31. The van der Waals surface area contributed by atoms with Crippen LogP contribution >= 0.6 is 11.6 Å². The van der Waals surface area contributed by atoms with Gasteiger partial charge in [0.15, 0.2) is 5.82 Å². The summed E-state index contributed by atoms with van der Waals surface area (Å²) in [6, 6.07) is 7.51. The molecule has 1 saturated heterocycles. The Morgan fingerprint density at radius 1 is 1.39 bits per heavy atom. The number of fused-ring (bicyclic) bond motifs is 2. The molecule has 2 fully saturated rings. The minimum absolute atomic E-state index is 0.0396. The minimum atomic E-state index is -0.632. The first-order chi connectivity index (χ1) is 14.9. The zero-order chi connectivity index (χ0) is 21.8. The fourth-order valence-corrected chi connectivity index (χ4v) is 4.47. The quantitative estimate of drug-likeness (QED) is 0.372. The molecular weight excluding hydrogens is 421 g/mol. The van der Waals surface area contributed by atoms with Crippen LogP contribution < -0.4 is 5.32 Å². The van der Waals surface area contributed by atoms with E-state index in [0.717, 1.165) is 19.5 Å². The highest BCUT2D eigenvalue weighted by atomic mass is 35.5. The lowest BCUT2D eigenvalue weighted by Crippen LogP contribution is -2.19. The standard InChI is InChI=1S/C22H17ClFN5O2/c1-28-10-14-9-22(14,11-28)6-5-13-7-18-15(8-19(13)29(30)31)21(26-12-25-18)27-17-4-2-3-16(23)20(17)24/h2-4,7-8,12,14H,9-11H2,1H3,(H,25,26,27)/t14-,22+/m1/s1. The van der Waals surface area contributed by atoms with E-state index in [-0.39, 0.29) is 27.6 Å². The highest BCUT2D eigenvalue weighted by Gasteiger charge is 2.58. The number of benzene rings is 2. The van der Waals surface area contributed by atoms with E-state index in [0.29, 0.717) is 22.4 Å². The molecule has 156 valence electrons. The van der Waals surface area contributed by atoms with Crippen LogP contribution in [0.1, 0.15) is 12.0 Å². The number of nitrogens with zero attached hydrogens (tertiary/aromatic N) is 4. The first-order valence-corrected chi connectivity index (χ1v) is 10.1. The number of rotatable bonds is 3. The van der Waals surface area contributed by atoms with Crippen LogP contribution in [0.2, 0.25) is 5.02 Å². The van der Waals surface area contributed by atoms with Gasteiger partial charge >= 0.3 is 0 Å². The predicted octanol–water partition coefficient (Wildman–Crippen LogP) is 4.38. The van der Waals surface area contributed by atoms with Crippen molar-refractivity contribution in [3.05, 3.63) is 63.2 Å². The predicted molar refractivity (Wildman–Crippen MR) is 116 cm³/mol. The number of hydrogen-bond donors (Lipinski definition) is 1. The molecule has 0 radical (unpaired) electrons. The molecule has 3 aromatic rings. The fraction of sp³-hybridized carbons (Fsp3) is 0.273. The Morgan fingerprint density at radius 2 is 2.23 bits per heavy atom.